The summed E-state index contributed by atoms with van der Waals surface area (Å²) in [5, 5.41) is 4.97. The highest BCUT2D eigenvalue weighted by atomic mass is 15.1. The van der Waals surface area contributed by atoms with Gasteiger partial charge in [0.1, 0.15) is 0 Å². The number of aryl methyl sites for hydroxylation is 1. The van der Waals surface area contributed by atoms with Crippen LogP contribution in [-0.2, 0) is 10.8 Å². The van der Waals surface area contributed by atoms with Gasteiger partial charge in [0.05, 0.1) is 0 Å². The van der Waals surface area contributed by atoms with Crippen LogP contribution in [0.1, 0.15) is 61.1 Å². The van der Waals surface area contributed by atoms with E-state index in [1.807, 2.05) is 0 Å². The molecule has 0 saturated carbocycles. The van der Waals surface area contributed by atoms with Crippen LogP contribution >= 0.6 is 0 Å². The fraction of sp³-hybridized carbons (Fsp3) is 0.138. The highest BCUT2D eigenvalue weighted by Crippen LogP contribution is 2.60. The molecule has 290 valence electrons. The van der Waals surface area contributed by atoms with Crippen molar-refractivity contribution in [2.75, 3.05) is 9.80 Å². The lowest BCUT2D eigenvalue weighted by Crippen LogP contribution is -2.19. The molecule has 0 fully saturated rings. The number of rotatable bonds is 6. The van der Waals surface area contributed by atoms with Gasteiger partial charge in [-0.15, -0.1) is 0 Å². The van der Waals surface area contributed by atoms with Gasteiger partial charge in [-0.05, 0) is 170 Å². The quantitative estimate of drug-likeness (QED) is 0.166. The minimum absolute atomic E-state index is 0.201. The van der Waals surface area contributed by atoms with E-state index < -0.39 is 0 Å². The lowest BCUT2D eigenvalue weighted by Gasteiger charge is -2.29. The van der Waals surface area contributed by atoms with E-state index in [1.54, 1.807) is 0 Å². The molecule has 0 heterocycles. The van der Waals surface area contributed by atoms with Crippen molar-refractivity contribution in [3.8, 4) is 22.3 Å². The van der Waals surface area contributed by atoms with Crippen molar-refractivity contribution < 1.29 is 0 Å². The first-order chi connectivity index (χ1) is 29.1. The predicted octanol–water partition coefficient (Wildman–Crippen LogP) is 16.2. The molecule has 2 aliphatic rings. The molecule has 0 aliphatic heterocycles. The first kappa shape index (κ1) is 36.2. The Morgan fingerprint density at radius 3 is 1.38 bits per heavy atom. The van der Waals surface area contributed by atoms with Crippen LogP contribution in [0.3, 0.4) is 0 Å². The van der Waals surface area contributed by atoms with Crippen LogP contribution < -0.4 is 9.80 Å². The Kier molecular flexibility index (Phi) is 8.03. The minimum Gasteiger partial charge on any atom is -0.310 e. The monoisotopic (exact) mass is 772 g/mol. The topological polar surface area (TPSA) is 6.48 Å². The fourth-order valence-electron chi connectivity index (χ4n) is 10.8. The van der Waals surface area contributed by atoms with Gasteiger partial charge in [0.25, 0.3) is 0 Å². The molecule has 9 aromatic carbocycles. The predicted molar refractivity (Wildman–Crippen MR) is 255 cm³/mol. The molecule has 9 aromatic rings. The molecular weight excluding hydrogens is 725 g/mol. The Morgan fingerprint density at radius 1 is 0.333 bits per heavy atom. The number of nitrogens with zero attached hydrogens (tertiary/aromatic N) is 2. The van der Waals surface area contributed by atoms with E-state index in [4.69, 9.17) is 0 Å². The molecule has 0 amide bonds. The molecule has 0 bridgehead atoms. The van der Waals surface area contributed by atoms with E-state index in [0.717, 1.165) is 22.7 Å². The third kappa shape index (κ3) is 5.40. The van der Waals surface area contributed by atoms with E-state index >= 15 is 0 Å². The summed E-state index contributed by atoms with van der Waals surface area (Å²) >= 11 is 0. The maximum atomic E-state index is 2.56. The Morgan fingerprint density at radius 2 is 0.800 bits per heavy atom. The second kappa shape index (κ2) is 13.3. The van der Waals surface area contributed by atoms with Crippen molar-refractivity contribution >= 4 is 55.7 Å². The molecule has 2 heteroatoms. The maximum Gasteiger partial charge on any atom is 0.0468 e. The molecular formula is C58H48N2. The lowest BCUT2D eigenvalue weighted by molar-refractivity contribution is 0.648. The van der Waals surface area contributed by atoms with Crippen LogP contribution in [0, 0.1) is 13.8 Å². The van der Waals surface area contributed by atoms with Gasteiger partial charge < -0.3 is 9.80 Å². The number of anilines is 6. The van der Waals surface area contributed by atoms with E-state index in [9.17, 15) is 0 Å². The summed E-state index contributed by atoms with van der Waals surface area (Å²) in [4.78, 5) is 4.84. The standard InChI is InChI=1S/C58H48N2/c1-37-31-48(60(44-23-11-8-12-24-44)46-28-26-40-18-14-16-20-42(40)33-46)35-52-54(37)50-36-53-55(38(2)56(50)58(52,5)6)49-30-29-47(34-51(49)57(53,3)4)59(43-21-9-7-10-22-43)45-27-25-39-17-13-15-19-41(39)32-45/h7-36H,1-6H3. The molecule has 2 nitrogen and oxygen atoms in total. The molecule has 0 aromatic heterocycles. The van der Waals surface area contributed by atoms with Gasteiger partial charge in [0.15, 0.2) is 0 Å². The number of hydrogen-bond donors (Lipinski definition) is 0. The number of hydrogen-bond acceptors (Lipinski definition) is 2. The van der Waals surface area contributed by atoms with Crippen molar-refractivity contribution in [2.45, 2.75) is 52.4 Å². The van der Waals surface area contributed by atoms with Crippen molar-refractivity contribution in [2.24, 2.45) is 0 Å². The molecule has 2 aliphatic carbocycles. The summed E-state index contributed by atoms with van der Waals surface area (Å²) in [6.07, 6.45) is 0. The molecule has 0 atom stereocenters. The van der Waals surface area contributed by atoms with Crippen molar-refractivity contribution in [3.63, 3.8) is 0 Å². The van der Waals surface area contributed by atoms with Crippen molar-refractivity contribution in [1.29, 1.82) is 0 Å². The maximum absolute atomic E-state index is 2.56. The summed E-state index contributed by atoms with van der Waals surface area (Å²) in [7, 11) is 0. The average molecular weight is 773 g/mol. The van der Waals surface area contributed by atoms with E-state index in [0.29, 0.717) is 0 Å². The molecule has 0 N–H and O–H groups in total. The second-order valence-electron chi connectivity index (χ2n) is 17.9. The Hall–Kier alpha value is -6.90. The molecule has 60 heavy (non-hydrogen) atoms. The van der Waals surface area contributed by atoms with Gasteiger partial charge in [-0.25, -0.2) is 0 Å². The summed E-state index contributed by atoms with van der Waals surface area (Å²) in [6.45, 7) is 14.4. The number of para-hydroxylation sites is 2. The van der Waals surface area contributed by atoms with Gasteiger partial charge in [-0.3, -0.25) is 0 Å². The molecule has 0 radical (unpaired) electrons. The third-order valence-corrected chi connectivity index (χ3v) is 13.6. The highest BCUT2D eigenvalue weighted by Gasteiger charge is 2.44. The average Bonchev–Trinajstić information content (AvgIpc) is 3.64. The van der Waals surface area contributed by atoms with Crippen molar-refractivity contribution in [1.82, 2.24) is 0 Å². The molecule has 0 saturated heterocycles. The third-order valence-electron chi connectivity index (χ3n) is 13.6. The molecule has 0 spiro atoms. The van der Waals surface area contributed by atoms with Gasteiger partial charge in [0, 0.05) is 45.0 Å². The SMILES string of the molecule is Cc1cc(N(c2ccccc2)c2ccc3ccccc3c2)cc2c1-c1cc3c(c(C)c1C2(C)C)-c1ccc(N(c2ccccc2)c2ccc4ccccc4c2)cc1C3(C)C. The summed E-state index contributed by atoms with van der Waals surface area (Å²) < 4.78 is 0. The van der Waals surface area contributed by atoms with Crippen LogP contribution in [-0.4, -0.2) is 0 Å². The number of fused-ring (bicyclic) bond motifs is 8. The highest BCUT2D eigenvalue weighted by molar-refractivity contribution is 5.97. The Bertz CT molecular complexity index is 3170. The molecule has 0 unspecified atom stereocenters. The zero-order valence-electron chi connectivity index (χ0n) is 35.2. The smallest absolute Gasteiger partial charge is 0.0468 e. The summed E-state index contributed by atoms with van der Waals surface area (Å²) in [5.41, 5.74) is 20.4. The number of benzene rings is 9. The lowest BCUT2D eigenvalue weighted by atomic mass is 9.76. The zero-order chi connectivity index (χ0) is 40.9. The van der Waals surface area contributed by atoms with E-state index in [2.05, 4.69) is 233 Å². The van der Waals surface area contributed by atoms with Gasteiger partial charge >= 0.3 is 0 Å². The minimum atomic E-state index is -0.205. The van der Waals surface area contributed by atoms with Gasteiger partial charge in [-0.2, -0.15) is 0 Å². The summed E-state index contributed by atoms with van der Waals surface area (Å²) in [5.74, 6) is 0. The van der Waals surface area contributed by atoms with E-state index in [1.165, 1.54) is 88.6 Å². The van der Waals surface area contributed by atoms with Gasteiger partial charge in [0.2, 0.25) is 0 Å². The fourth-order valence-corrected chi connectivity index (χ4v) is 10.8. The normalized spacial score (nSPS) is 14.1. The van der Waals surface area contributed by atoms with Crippen LogP contribution in [0.15, 0.2) is 182 Å². The van der Waals surface area contributed by atoms with Gasteiger partial charge in [-0.1, -0.05) is 131 Å². The van der Waals surface area contributed by atoms with E-state index in [-0.39, 0.29) is 10.8 Å². The first-order valence-electron chi connectivity index (χ1n) is 21.3. The Labute approximate surface area is 354 Å². The second-order valence-corrected chi connectivity index (χ2v) is 17.9. The van der Waals surface area contributed by atoms with Crippen molar-refractivity contribution in [3.05, 3.63) is 215 Å². The van der Waals surface area contributed by atoms with Crippen LogP contribution in [0.25, 0.3) is 43.8 Å². The Balaban J connectivity index is 1.04. The molecule has 11 rings (SSSR count). The first-order valence-corrected chi connectivity index (χ1v) is 21.3. The van der Waals surface area contributed by atoms with Crippen LogP contribution in [0.5, 0.6) is 0 Å². The zero-order valence-corrected chi connectivity index (χ0v) is 35.2. The van der Waals surface area contributed by atoms with Crippen LogP contribution in [0.2, 0.25) is 0 Å². The summed E-state index contributed by atoms with van der Waals surface area (Å²) in [6, 6.07) is 67.2. The van der Waals surface area contributed by atoms with Crippen LogP contribution in [0.4, 0.5) is 34.1 Å². The largest absolute Gasteiger partial charge is 0.310 e.